The van der Waals surface area contributed by atoms with E-state index >= 15 is 0 Å². The normalized spacial score (nSPS) is 13.3. The maximum Gasteiger partial charge on any atom is -0.0103 e. The highest BCUT2D eigenvalue weighted by atomic mass is 14.2. The second kappa shape index (κ2) is 7.81. The Hall–Kier alpha value is -1.56. The minimum atomic E-state index is 0.257. The lowest BCUT2D eigenvalue weighted by molar-refractivity contribution is 0.461. The van der Waals surface area contributed by atoms with Crippen LogP contribution in [0, 0.1) is 5.92 Å². The van der Waals surface area contributed by atoms with E-state index in [1.165, 1.54) is 36.0 Å². The van der Waals surface area contributed by atoms with Crippen molar-refractivity contribution in [3.63, 3.8) is 0 Å². The lowest BCUT2D eigenvalue weighted by atomic mass is 9.80. The summed E-state index contributed by atoms with van der Waals surface area (Å²) >= 11 is 0. The highest BCUT2D eigenvalue weighted by Crippen LogP contribution is 2.29. The largest absolute Gasteiger partial charge is 0.0622 e. The molecule has 0 saturated carbocycles. The third kappa shape index (κ3) is 4.96. The van der Waals surface area contributed by atoms with Crippen molar-refractivity contribution in [3.05, 3.63) is 71.3 Å². The Balaban J connectivity index is 1.89. The summed E-state index contributed by atoms with van der Waals surface area (Å²) in [5.41, 5.74) is 4.64. The zero-order chi connectivity index (χ0) is 16.9. The monoisotopic (exact) mass is 308 g/mol. The van der Waals surface area contributed by atoms with Crippen molar-refractivity contribution in [2.75, 3.05) is 0 Å². The van der Waals surface area contributed by atoms with Gasteiger partial charge in [-0.2, -0.15) is 0 Å². The van der Waals surface area contributed by atoms with E-state index in [0.717, 1.165) is 0 Å². The van der Waals surface area contributed by atoms with Crippen LogP contribution in [0.4, 0.5) is 0 Å². The number of rotatable bonds is 7. The van der Waals surface area contributed by atoms with Crippen molar-refractivity contribution in [3.8, 4) is 0 Å². The molecule has 0 amide bonds. The summed E-state index contributed by atoms with van der Waals surface area (Å²) in [6.45, 7) is 11.6. The molecule has 0 N–H and O–H groups in total. The summed E-state index contributed by atoms with van der Waals surface area (Å²) in [5, 5.41) is 0. The Morgan fingerprint density at radius 3 is 2.00 bits per heavy atom. The van der Waals surface area contributed by atoms with Crippen LogP contribution in [-0.4, -0.2) is 0 Å². The Bertz CT molecular complexity index is 575. The average molecular weight is 309 g/mol. The molecule has 0 aromatic heterocycles. The molecule has 0 aliphatic rings. The van der Waals surface area contributed by atoms with E-state index in [0.29, 0.717) is 11.8 Å². The van der Waals surface area contributed by atoms with E-state index in [4.69, 9.17) is 0 Å². The van der Waals surface area contributed by atoms with Gasteiger partial charge in [-0.15, -0.1) is 0 Å². The van der Waals surface area contributed by atoms with Crippen molar-refractivity contribution < 1.29 is 0 Å². The average Bonchev–Trinajstić information content (AvgIpc) is 2.55. The predicted molar refractivity (Wildman–Crippen MR) is 102 cm³/mol. The first-order valence-electron chi connectivity index (χ1n) is 9.04. The highest BCUT2D eigenvalue weighted by Gasteiger charge is 2.19. The van der Waals surface area contributed by atoms with Crippen molar-refractivity contribution in [1.82, 2.24) is 0 Å². The Labute approximate surface area is 143 Å². The molecular formula is C23H32. The van der Waals surface area contributed by atoms with Crippen LogP contribution in [0.25, 0.3) is 0 Å². The van der Waals surface area contributed by atoms with E-state index in [-0.39, 0.29) is 5.41 Å². The van der Waals surface area contributed by atoms with Gasteiger partial charge in [0.1, 0.15) is 0 Å². The summed E-state index contributed by atoms with van der Waals surface area (Å²) in [6.07, 6.45) is 3.63. The summed E-state index contributed by atoms with van der Waals surface area (Å²) in [5.74, 6) is 1.34. The molecule has 1 atom stereocenters. The Morgan fingerprint density at radius 1 is 0.826 bits per heavy atom. The fourth-order valence-corrected chi connectivity index (χ4v) is 3.14. The van der Waals surface area contributed by atoms with Gasteiger partial charge in [0.2, 0.25) is 0 Å². The number of hydrogen-bond acceptors (Lipinski definition) is 0. The van der Waals surface area contributed by atoms with E-state index in [9.17, 15) is 0 Å². The molecule has 2 aromatic rings. The van der Waals surface area contributed by atoms with Crippen molar-refractivity contribution >= 4 is 0 Å². The molecule has 0 bridgehead atoms. The fourth-order valence-electron chi connectivity index (χ4n) is 3.14. The molecular weight excluding hydrogens is 276 g/mol. The van der Waals surface area contributed by atoms with Gasteiger partial charge in [-0.25, -0.2) is 0 Å². The molecule has 0 aliphatic carbocycles. The standard InChI is InChI=1S/C23H32/c1-18(2)19(3)21-15-13-20(14-16-21)10-9-17-23(4,5)22-11-7-6-8-12-22/h6-8,11-16,18-19H,9-10,17H2,1-5H3. The van der Waals surface area contributed by atoms with Gasteiger partial charge in [0.25, 0.3) is 0 Å². The molecule has 0 heteroatoms. The minimum absolute atomic E-state index is 0.257. The van der Waals surface area contributed by atoms with Gasteiger partial charge in [0.15, 0.2) is 0 Å². The van der Waals surface area contributed by atoms with Gasteiger partial charge < -0.3 is 0 Å². The van der Waals surface area contributed by atoms with Gasteiger partial charge in [-0.3, -0.25) is 0 Å². The first kappa shape index (κ1) is 17.8. The third-order valence-corrected chi connectivity index (χ3v) is 5.33. The number of aryl methyl sites for hydroxylation is 1. The van der Waals surface area contributed by atoms with Crippen LogP contribution in [0.5, 0.6) is 0 Å². The van der Waals surface area contributed by atoms with Crippen LogP contribution in [-0.2, 0) is 11.8 Å². The number of hydrogen-bond donors (Lipinski definition) is 0. The van der Waals surface area contributed by atoms with Crippen LogP contribution >= 0.6 is 0 Å². The Morgan fingerprint density at radius 2 is 1.43 bits per heavy atom. The highest BCUT2D eigenvalue weighted by molar-refractivity contribution is 5.26. The molecule has 2 rings (SSSR count). The minimum Gasteiger partial charge on any atom is -0.0622 e. The Kier molecular flexibility index (Phi) is 6.04. The third-order valence-electron chi connectivity index (χ3n) is 5.33. The molecule has 0 fully saturated rings. The smallest absolute Gasteiger partial charge is 0.0103 e. The molecule has 0 spiro atoms. The molecule has 0 nitrogen and oxygen atoms in total. The van der Waals surface area contributed by atoms with Gasteiger partial charge in [-0.05, 0) is 53.2 Å². The second-order valence-electron chi connectivity index (χ2n) is 7.88. The maximum absolute atomic E-state index is 2.36. The first-order valence-corrected chi connectivity index (χ1v) is 9.04. The van der Waals surface area contributed by atoms with Crippen LogP contribution in [0.3, 0.4) is 0 Å². The van der Waals surface area contributed by atoms with Gasteiger partial charge >= 0.3 is 0 Å². The lowest BCUT2D eigenvalue weighted by Crippen LogP contribution is -2.17. The summed E-state index contributed by atoms with van der Waals surface area (Å²) in [4.78, 5) is 0. The molecule has 0 saturated heterocycles. The molecule has 23 heavy (non-hydrogen) atoms. The van der Waals surface area contributed by atoms with Gasteiger partial charge in [0, 0.05) is 0 Å². The molecule has 2 aromatic carbocycles. The van der Waals surface area contributed by atoms with Crippen LogP contribution in [0.15, 0.2) is 54.6 Å². The zero-order valence-electron chi connectivity index (χ0n) is 15.5. The van der Waals surface area contributed by atoms with Crippen molar-refractivity contribution in [1.29, 1.82) is 0 Å². The lowest BCUT2D eigenvalue weighted by Gasteiger charge is -2.25. The second-order valence-corrected chi connectivity index (χ2v) is 7.88. The maximum atomic E-state index is 2.36. The molecule has 0 heterocycles. The van der Waals surface area contributed by atoms with Crippen molar-refractivity contribution in [2.45, 2.75) is 65.2 Å². The van der Waals surface area contributed by atoms with Crippen LogP contribution < -0.4 is 0 Å². The molecule has 124 valence electrons. The van der Waals surface area contributed by atoms with E-state index in [1.54, 1.807) is 0 Å². The van der Waals surface area contributed by atoms with Crippen LogP contribution in [0.1, 0.15) is 70.1 Å². The number of benzene rings is 2. The van der Waals surface area contributed by atoms with Gasteiger partial charge in [0.05, 0.1) is 0 Å². The fraction of sp³-hybridized carbons (Fsp3) is 0.478. The van der Waals surface area contributed by atoms with Gasteiger partial charge in [-0.1, -0.05) is 89.2 Å². The zero-order valence-corrected chi connectivity index (χ0v) is 15.5. The summed E-state index contributed by atoms with van der Waals surface area (Å²) in [7, 11) is 0. The van der Waals surface area contributed by atoms with E-state index < -0.39 is 0 Å². The quantitative estimate of drug-likeness (QED) is 0.531. The van der Waals surface area contributed by atoms with Crippen LogP contribution in [0.2, 0.25) is 0 Å². The summed E-state index contributed by atoms with van der Waals surface area (Å²) < 4.78 is 0. The molecule has 0 radical (unpaired) electrons. The predicted octanol–water partition coefficient (Wildman–Crippen LogP) is 6.75. The van der Waals surface area contributed by atoms with E-state index in [2.05, 4.69) is 89.2 Å². The van der Waals surface area contributed by atoms with E-state index in [1.807, 2.05) is 0 Å². The van der Waals surface area contributed by atoms with Crippen molar-refractivity contribution in [2.24, 2.45) is 5.92 Å². The molecule has 1 unspecified atom stereocenters. The molecule has 0 aliphatic heterocycles. The first-order chi connectivity index (χ1) is 10.9. The SMILES string of the molecule is CC(C)C(C)c1ccc(CCCC(C)(C)c2ccccc2)cc1. The summed E-state index contributed by atoms with van der Waals surface area (Å²) in [6, 6.07) is 20.2. The topological polar surface area (TPSA) is 0 Å².